The monoisotopic (exact) mass is 204 g/mol. The molecule has 0 aliphatic carbocycles. The number of hydrogen-bond acceptors (Lipinski definition) is 2. The van der Waals surface area contributed by atoms with Crippen molar-refractivity contribution >= 4 is 28.7 Å². The van der Waals surface area contributed by atoms with Crippen molar-refractivity contribution in [3.8, 4) is 0 Å². The Morgan fingerprint density at radius 1 is 1.14 bits per heavy atom. The van der Waals surface area contributed by atoms with Gasteiger partial charge >= 0.3 is 50.5 Å². The van der Waals surface area contributed by atoms with E-state index in [4.69, 9.17) is 0 Å². The molecule has 36 valence electrons. The second kappa shape index (κ2) is 1.77. The van der Waals surface area contributed by atoms with Gasteiger partial charge in [0.1, 0.15) is 0 Å². The first-order chi connectivity index (χ1) is 3.29. The third kappa shape index (κ3) is 1.12. The van der Waals surface area contributed by atoms with Gasteiger partial charge in [0.25, 0.3) is 0 Å². The van der Waals surface area contributed by atoms with Crippen LogP contribution < -0.4 is 0 Å². The third-order valence-electron chi connectivity index (χ3n) is 0.804. The van der Waals surface area contributed by atoms with Crippen molar-refractivity contribution in [1.29, 1.82) is 0 Å². The average Bonchev–Trinajstić information content (AvgIpc) is 1.87. The summed E-state index contributed by atoms with van der Waals surface area (Å²) in [5.74, 6) is 0. The third-order valence-corrected chi connectivity index (χ3v) is 4.14. The van der Waals surface area contributed by atoms with Crippen molar-refractivity contribution in [3.63, 3.8) is 0 Å². The molecule has 0 radical (unpaired) electrons. The molecule has 3 heteroatoms. The molecule has 1 rings (SSSR count). The number of allylic oxidation sites excluding steroid dienone is 2. The summed E-state index contributed by atoms with van der Waals surface area (Å²) < 4.78 is 0.263. The van der Waals surface area contributed by atoms with Crippen LogP contribution in [0.15, 0.2) is 12.2 Å². The van der Waals surface area contributed by atoms with Gasteiger partial charge in [-0.3, -0.25) is 0 Å². The summed E-state index contributed by atoms with van der Waals surface area (Å²) in [6.07, 6.45) is 2.80. The Kier molecular flexibility index (Phi) is 1.27. The number of carbonyl (C=O) groups excluding carboxylic acids is 2. The summed E-state index contributed by atoms with van der Waals surface area (Å²) in [4.78, 5) is 20.5. The van der Waals surface area contributed by atoms with Crippen LogP contribution in [0.2, 0.25) is 0 Å². The van der Waals surface area contributed by atoms with Gasteiger partial charge < -0.3 is 0 Å². The Hall–Kier alpha value is -0.121. The fourth-order valence-corrected chi connectivity index (χ4v) is 2.80. The quantitative estimate of drug-likeness (QED) is 0.462. The van der Waals surface area contributed by atoms with Crippen molar-refractivity contribution < 1.29 is 9.59 Å². The minimum absolute atomic E-state index is 0.131. The van der Waals surface area contributed by atoms with E-state index in [-0.39, 0.29) is 7.60 Å². The van der Waals surface area contributed by atoms with E-state index < -0.39 is 21.1 Å². The Labute approximate surface area is 50.8 Å². The number of carbonyl (C=O) groups is 2. The summed E-state index contributed by atoms with van der Waals surface area (Å²) in [5, 5.41) is 0. The van der Waals surface area contributed by atoms with Gasteiger partial charge in [-0.2, -0.15) is 0 Å². The first-order valence-electron chi connectivity index (χ1n) is 2.03. The maximum atomic E-state index is 10.2. The van der Waals surface area contributed by atoms with Crippen molar-refractivity contribution in [1.82, 2.24) is 0 Å². The summed E-state index contributed by atoms with van der Waals surface area (Å²) in [5.41, 5.74) is 0. The molecule has 2 nitrogen and oxygen atoms in total. The van der Waals surface area contributed by atoms with E-state index in [0.717, 1.165) is 0 Å². The van der Waals surface area contributed by atoms with Crippen LogP contribution in [0.3, 0.4) is 0 Å². The van der Waals surface area contributed by atoms with Gasteiger partial charge in [0.05, 0.1) is 0 Å². The van der Waals surface area contributed by atoms with E-state index in [0.29, 0.717) is 0 Å². The van der Waals surface area contributed by atoms with Gasteiger partial charge in [-0.15, -0.1) is 0 Å². The molecule has 0 atom stereocenters. The van der Waals surface area contributed by atoms with Crippen LogP contribution in [-0.2, 0) is 9.59 Å². The van der Waals surface area contributed by atoms with Crippen LogP contribution in [0, 0.1) is 0 Å². The van der Waals surface area contributed by atoms with Crippen molar-refractivity contribution in [2.75, 3.05) is 0 Å². The molecule has 1 aliphatic heterocycles. The van der Waals surface area contributed by atoms with Gasteiger partial charge in [0, 0.05) is 0 Å². The summed E-state index contributed by atoms with van der Waals surface area (Å²) in [6, 6.07) is 0. The Balaban J connectivity index is 2.76. The molecule has 1 aliphatic rings. The molecule has 0 aromatic heterocycles. The summed E-state index contributed by atoms with van der Waals surface area (Å²) in [7, 11) is 0. The van der Waals surface area contributed by atoms with Crippen LogP contribution >= 0.6 is 0 Å². The van der Waals surface area contributed by atoms with Crippen LogP contribution in [-0.4, -0.2) is 28.7 Å². The fourth-order valence-electron chi connectivity index (χ4n) is 0.475. The molecule has 0 saturated heterocycles. The number of hydrogen-bond donors (Lipinski definition) is 0. The molecule has 0 fully saturated rings. The van der Waals surface area contributed by atoms with E-state index in [1.165, 1.54) is 12.2 Å². The zero-order chi connectivity index (χ0) is 5.28. The molecule has 0 aromatic carbocycles. The SMILES string of the molecule is O=[C]1C=C[C](=O)[SnH2]1. The predicted octanol–water partition coefficient (Wildman–Crippen LogP) is -1.22. The van der Waals surface area contributed by atoms with E-state index in [1.807, 2.05) is 0 Å². The predicted molar refractivity (Wildman–Crippen MR) is 27.7 cm³/mol. The molecule has 7 heavy (non-hydrogen) atoms. The summed E-state index contributed by atoms with van der Waals surface area (Å²) >= 11 is -1.55. The topological polar surface area (TPSA) is 34.1 Å². The molecule has 0 aromatic rings. The molecule has 0 bridgehead atoms. The molecule has 0 unspecified atom stereocenters. The molecule has 0 saturated carbocycles. The molecule has 0 spiro atoms. The van der Waals surface area contributed by atoms with Crippen LogP contribution in [0.1, 0.15) is 0 Å². The first kappa shape index (κ1) is 5.02. The zero-order valence-electron chi connectivity index (χ0n) is 3.68. The van der Waals surface area contributed by atoms with E-state index >= 15 is 0 Å². The second-order valence-corrected chi connectivity index (χ2v) is 6.43. The second-order valence-electron chi connectivity index (χ2n) is 1.44. The zero-order valence-corrected chi connectivity index (χ0v) is 7.71. The first-order valence-corrected chi connectivity index (χ1v) is 6.06. The standard InChI is InChI=1S/C4H2O2.Sn.2H/c5-3-1-2-4-6;;;/h1-2H;;;. The van der Waals surface area contributed by atoms with Crippen LogP contribution in [0.25, 0.3) is 0 Å². The fraction of sp³-hybridized carbons (Fsp3) is 0. The Morgan fingerprint density at radius 2 is 1.57 bits per heavy atom. The van der Waals surface area contributed by atoms with Crippen molar-refractivity contribution in [2.24, 2.45) is 0 Å². The van der Waals surface area contributed by atoms with E-state index in [2.05, 4.69) is 0 Å². The van der Waals surface area contributed by atoms with Gasteiger partial charge in [0.15, 0.2) is 0 Å². The van der Waals surface area contributed by atoms with Crippen molar-refractivity contribution in [2.45, 2.75) is 0 Å². The average molecular weight is 203 g/mol. The molecular formula is C4H4O2Sn. The maximum absolute atomic E-state index is 10.2. The van der Waals surface area contributed by atoms with Gasteiger partial charge in [-0.1, -0.05) is 0 Å². The van der Waals surface area contributed by atoms with E-state index in [9.17, 15) is 9.59 Å². The van der Waals surface area contributed by atoms with Crippen molar-refractivity contribution in [3.05, 3.63) is 12.2 Å². The van der Waals surface area contributed by atoms with Gasteiger partial charge in [-0.25, -0.2) is 0 Å². The van der Waals surface area contributed by atoms with Gasteiger partial charge in [0.2, 0.25) is 0 Å². The van der Waals surface area contributed by atoms with Crippen LogP contribution in [0.4, 0.5) is 0 Å². The Morgan fingerprint density at radius 3 is 1.71 bits per heavy atom. The molecule has 1 heterocycles. The molecule has 0 amide bonds. The van der Waals surface area contributed by atoms with E-state index in [1.54, 1.807) is 0 Å². The minimum atomic E-state index is -1.55. The molecular weight excluding hydrogens is 199 g/mol. The van der Waals surface area contributed by atoms with Crippen LogP contribution in [0.5, 0.6) is 0 Å². The summed E-state index contributed by atoms with van der Waals surface area (Å²) in [6.45, 7) is 0. The Bertz CT molecular complexity index is 132. The molecule has 0 N–H and O–H groups in total. The number of rotatable bonds is 0. The van der Waals surface area contributed by atoms with Gasteiger partial charge in [-0.05, 0) is 0 Å². The normalized spacial score (nSPS) is 18.9.